The summed E-state index contributed by atoms with van der Waals surface area (Å²) in [6.45, 7) is 7.60. The molecule has 0 amide bonds. The summed E-state index contributed by atoms with van der Waals surface area (Å²) in [4.78, 5) is 6.71. The Labute approximate surface area is 94.5 Å². The van der Waals surface area contributed by atoms with Gasteiger partial charge in [0.2, 0.25) is 0 Å². The van der Waals surface area contributed by atoms with Gasteiger partial charge in [0.15, 0.2) is 0 Å². The van der Waals surface area contributed by atoms with Gasteiger partial charge in [-0.25, -0.2) is 4.98 Å². The van der Waals surface area contributed by atoms with Crippen LogP contribution in [0, 0.1) is 0 Å². The van der Waals surface area contributed by atoms with E-state index >= 15 is 0 Å². The summed E-state index contributed by atoms with van der Waals surface area (Å²) in [5.74, 6) is 1.06. The highest BCUT2D eigenvalue weighted by Gasteiger charge is 2.11. The summed E-state index contributed by atoms with van der Waals surface area (Å²) in [7, 11) is 0. The van der Waals surface area contributed by atoms with Crippen LogP contribution in [0.5, 0.6) is 0 Å². The molecule has 3 heteroatoms. The summed E-state index contributed by atoms with van der Waals surface area (Å²) < 4.78 is 1.03. The summed E-state index contributed by atoms with van der Waals surface area (Å²) in [6, 6.07) is 4.64. The molecule has 0 aromatic carbocycles. The maximum atomic E-state index is 4.40. The topological polar surface area (TPSA) is 16.1 Å². The second kappa shape index (κ2) is 5.35. The summed E-state index contributed by atoms with van der Waals surface area (Å²) in [5.41, 5.74) is 0. The van der Waals surface area contributed by atoms with Gasteiger partial charge in [0.05, 0.1) is 0 Å². The van der Waals surface area contributed by atoms with Crippen molar-refractivity contribution in [2.45, 2.75) is 33.2 Å². The minimum Gasteiger partial charge on any atom is -0.354 e. The van der Waals surface area contributed by atoms with Gasteiger partial charge in [0.1, 0.15) is 5.82 Å². The molecule has 0 saturated heterocycles. The van der Waals surface area contributed by atoms with Gasteiger partial charge < -0.3 is 4.90 Å². The molecule has 0 aliphatic heterocycles. The Morgan fingerprint density at radius 3 is 2.57 bits per heavy atom. The van der Waals surface area contributed by atoms with E-state index in [4.69, 9.17) is 0 Å². The Morgan fingerprint density at radius 2 is 2.14 bits per heavy atom. The first kappa shape index (κ1) is 11.5. The van der Waals surface area contributed by atoms with Gasteiger partial charge in [-0.15, -0.1) is 0 Å². The van der Waals surface area contributed by atoms with E-state index in [-0.39, 0.29) is 0 Å². The average Bonchev–Trinajstić information content (AvgIpc) is 2.21. The molecular weight excluding hydrogens is 240 g/mol. The lowest BCUT2D eigenvalue weighted by atomic mass is 10.2. The van der Waals surface area contributed by atoms with Crippen LogP contribution in [0.2, 0.25) is 0 Å². The fourth-order valence-corrected chi connectivity index (χ4v) is 1.69. The molecule has 0 aliphatic rings. The molecule has 1 heterocycles. The van der Waals surface area contributed by atoms with E-state index in [0.29, 0.717) is 6.04 Å². The van der Waals surface area contributed by atoms with Gasteiger partial charge >= 0.3 is 0 Å². The van der Waals surface area contributed by atoms with Crippen LogP contribution in [-0.4, -0.2) is 17.6 Å². The van der Waals surface area contributed by atoms with E-state index in [0.717, 1.165) is 23.3 Å². The first-order valence-electron chi connectivity index (χ1n) is 5.07. The second-order valence-corrected chi connectivity index (χ2v) is 4.29. The zero-order valence-electron chi connectivity index (χ0n) is 9.00. The molecule has 2 nitrogen and oxygen atoms in total. The van der Waals surface area contributed by atoms with Gasteiger partial charge in [0, 0.05) is 23.3 Å². The molecule has 1 unspecified atom stereocenters. The van der Waals surface area contributed by atoms with Crippen LogP contribution >= 0.6 is 15.9 Å². The summed E-state index contributed by atoms with van der Waals surface area (Å²) >= 11 is 3.39. The van der Waals surface area contributed by atoms with E-state index < -0.39 is 0 Å². The highest BCUT2D eigenvalue weighted by molar-refractivity contribution is 9.10. The normalized spacial score (nSPS) is 12.6. The van der Waals surface area contributed by atoms with Crippen molar-refractivity contribution in [2.75, 3.05) is 11.4 Å². The summed E-state index contributed by atoms with van der Waals surface area (Å²) in [6.07, 6.45) is 2.99. The monoisotopic (exact) mass is 256 g/mol. The fourth-order valence-electron chi connectivity index (χ4n) is 1.46. The maximum Gasteiger partial charge on any atom is 0.128 e. The minimum absolute atomic E-state index is 0.550. The molecule has 0 saturated carbocycles. The number of hydrogen-bond acceptors (Lipinski definition) is 2. The van der Waals surface area contributed by atoms with Gasteiger partial charge in [-0.05, 0) is 48.3 Å². The highest BCUT2D eigenvalue weighted by atomic mass is 79.9. The molecule has 14 heavy (non-hydrogen) atoms. The highest BCUT2D eigenvalue weighted by Crippen LogP contribution is 2.17. The van der Waals surface area contributed by atoms with E-state index in [9.17, 15) is 0 Å². The van der Waals surface area contributed by atoms with Crippen molar-refractivity contribution >= 4 is 21.7 Å². The fraction of sp³-hybridized carbons (Fsp3) is 0.545. The number of aromatic nitrogens is 1. The average molecular weight is 257 g/mol. The second-order valence-electron chi connectivity index (χ2n) is 3.38. The van der Waals surface area contributed by atoms with Gasteiger partial charge in [-0.1, -0.05) is 6.92 Å². The Bertz CT molecular complexity index is 271. The zero-order valence-corrected chi connectivity index (χ0v) is 10.6. The molecule has 1 rings (SSSR count). The van der Waals surface area contributed by atoms with E-state index in [1.807, 2.05) is 12.3 Å². The quantitative estimate of drug-likeness (QED) is 0.821. The predicted octanol–water partition coefficient (Wildman–Crippen LogP) is 3.47. The number of nitrogens with zero attached hydrogens (tertiary/aromatic N) is 2. The van der Waals surface area contributed by atoms with Crippen molar-refractivity contribution in [2.24, 2.45) is 0 Å². The molecular formula is C11H17BrN2. The first-order valence-corrected chi connectivity index (χ1v) is 5.86. The van der Waals surface area contributed by atoms with E-state index in [1.165, 1.54) is 0 Å². The largest absolute Gasteiger partial charge is 0.354 e. The molecule has 0 N–H and O–H groups in total. The number of pyridine rings is 1. The van der Waals surface area contributed by atoms with E-state index in [1.54, 1.807) is 0 Å². The van der Waals surface area contributed by atoms with Crippen LogP contribution in [0.3, 0.4) is 0 Å². The smallest absolute Gasteiger partial charge is 0.128 e. The SMILES string of the molecule is CCC(C)N(CC)c1ccc(Br)cn1. The molecule has 1 atom stereocenters. The third-order valence-corrected chi connectivity index (χ3v) is 2.94. The lowest BCUT2D eigenvalue weighted by Gasteiger charge is -2.28. The number of hydrogen-bond donors (Lipinski definition) is 0. The Hall–Kier alpha value is -0.570. The molecule has 78 valence electrons. The molecule has 1 aromatic rings. The summed E-state index contributed by atoms with van der Waals surface area (Å²) in [5, 5.41) is 0. The first-order chi connectivity index (χ1) is 6.69. The van der Waals surface area contributed by atoms with Gasteiger partial charge in [-0.2, -0.15) is 0 Å². The third kappa shape index (κ3) is 2.71. The van der Waals surface area contributed by atoms with Crippen LogP contribution in [0.1, 0.15) is 27.2 Å². The molecule has 0 spiro atoms. The molecule has 0 radical (unpaired) electrons. The Balaban J connectivity index is 2.84. The molecule has 0 aliphatic carbocycles. The van der Waals surface area contributed by atoms with Crippen LogP contribution in [0.15, 0.2) is 22.8 Å². The predicted molar refractivity (Wildman–Crippen MR) is 64.7 cm³/mol. The van der Waals surface area contributed by atoms with Crippen LogP contribution in [0.25, 0.3) is 0 Å². The van der Waals surface area contributed by atoms with Crippen molar-refractivity contribution in [3.8, 4) is 0 Å². The molecule has 1 aromatic heterocycles. The van der Waals surface area contributed by atoms with E-state index in [2.05, 4.69) is 52.7 Å². The standard InChI is InChI=1S/C11H17BrN2/c1-4-9(3)14(5-2)11-7-6-10(12)8-13-11/h6-9H,4-5H2,1-3H3. The van der Waals surface area contributed by atoms with Crippen molar-refractivity contribution < 1.29 is 0 Å². The van der Waals surface area contributed by atoms with Crippen LogP contribution in [-0.2, 0) is 0 Å². The Kier molecular flexibility index (Phi) is 4.39. The molecule has 0 fully saturated rings. The Morgan fingerprint density at radius 1 is 1.43 bits per heavy atom. The number of halogens is 1. The lowest BCUT2D eigenvalue weighted by Crippen LogP contribution is -2.32. The third-order valence-electron chi connectivity index (χ3n) is 2.47. The maximum absolute atomic E-state index is 4.40. The van der Waals surface area contributed by atoms with Crippen molar-refractivity contribution in [3.05, 3.63) is 22.8 Å². The van der Waals surface area contributed by atoms with Crippen molar-refractivity contribution in [1.29, 1.82) is 0 Å². The lowest BCUT2D eigenvalue weighted by molar-refractivity contribution is 0.623. The van der Waals surface area contributed by atoms with Crippen LogP contribution < -0.4 is 4.90 Å². The zero-order chi connectivity index (χ0) is 10.6. The van der Waals surface area contributed by atoms with Crippen LogP contribution in [0.4, 0.5) is 5.82 Å². The van der Waals surface area contributed by atoms with Gasteiger partial charge in [0.25, 0.3) is 0 Å². The number of rotatable bonds is 4. The number of anilines is 1. The van der Waals surface area contributed by atoms with Crippen molar-refractivity contribution in [1.82, 2.24) is 4.98 Å². The van der Waals surface area contributed by atoms with Crippen molar-refractivity contribution in [3.63, 3.8) is 0 Å². The van der Waals surface area contributed by atoms with Gasteiger partial charge in [-0.3, -0.25) is 0 Å². The molecule has 0 bridgehead atoms. The minimum atomic E-state index is 0.550.